The fraction of sp³-hybridized carbons (Fsp3) is 0.357. The topological polar surface area (TPSA) is 53.1 Å². The van der Waals surface area contributed by atoms with Gasteiger partial charge < -0.3 is 15.0 Å². The van der Waals surface area contributed by atoms with Crippen molar-refractivity contribution in [1.82, 2.24) is 9.55 Å². The minimum absolute atomic E-state index is 0.318. The number of rotatable bonds is 5. The molecule has 2 aromatic rings. The lowest BCUT2D eigenvalue weighted by atomic mass is 10.1. The standard InChI is InChI=1S/C14H18FN3O/c1-10(16)12-4-3-11(9-13(12)15)19-8-5-14-17-6-7-18(14)2/h3-4,6-7,9-10H,5,8,16H2,1-2H3/t10-/m1/s1. The number of benzene rings is 1. The van der Waals surface area contributed by atoms with Gasteiger partial charge in [0, 0.05) is 43.5 Å². The first-order chi connectivity index (χ1) is 9.08. The summed E-state index contributed by atoms with van der Waals surface area (Å²) in [6, 6.07) is 4.45. The van der Waals surface area contributed by atoms with Crippen LogP contribution in [0, 0.1) is 5.82 Å². The van der Waals surface area contributed by atoms with E-state index in [1.54, 1.807) is 25.3 Å². The third-order valence-corrected chi connectivity index (χ3v) is 2.98. The fourth-order valence-corrected chi connectivity index (χ4v) is 1.86. The third kappa shape index (κ3) is 3.32. The van der Waals surface area contributed by atoms with Crippen LogP contribution < -0.4 is 10.5 Å². The van der Waals surface area contributed by atoms with Crippen molar-refractivity contribution in [2.24, 2.45) is 12.8 Å². The van der Waals surface area contributed by atoms with E-state index in [9.17, 15) is 4.39 Å². The van der Waals surface area contributed by atoms with Crippen molar-refractivity contribution in [2.75, 3.05) is 6.61 Å². The first kappa shape index (κ1) is 13.5. The van der Waals surface area contributed by atoms with Gasteiger partial charge in [-0.3, -0.25) is 0 Å². The van der Waals surface area contributed by atoms with Gasteiger partial charge in [0.1, 0.15) is 17.4 Å². The average Bonchev–Trinajstić information content (AvgIpc) is 2.75. The zero-order valence-electron chi connectivity index (χ0n) is 11.1. The van der Waals surface area contributed by atoms with Gasteiger partial charge in [-0.2, -0.15) is 0 Å². The quantitative estimate of drug-likeness (QED) is 0.899. The summed E-state index contributed by atoms with van der Waals surface area (Å²) >= 11 is 0. The first-order valence-corrected chi connectivity index (χ1v) is 6.22. The smallest absolute Gasteiger partial charge is 0.131 e. The number of aryl methyl sites for hydroxylation is 1. The zero-order chi connectivity index (χ0) is 13.8. The van der Waals surface area contributed by atoms with E-state index >= 15 is 0 Å². The Bertz CT molecular complexity index is 551. The number of hydrogen-bond donors (Lipinski definition) is 1. The molecule has 2 N–H and O–H groups in total. The molecule has 0 saturated heterocycles. The van der Waals surface area contributed by atoms with Crippen LogP contribution in [0.15, 0.2) is 30.6 Å². The number of aromatic nitrogens is 2. The predicted octanol–water partition coefficient (Wildman–Crippen LogP) is 2.20. The molecule has 0 aliphatic carbocycles. The number of ether oxygens (including phenoxy) is 1. The highest BCUT2D eigenvalue weighted by atomic mass is 19.1. The molecule has 0 aliphatic heterocycles. The van der Waals surface area contributed by atoms with E-state index in [1.165, 1.54) is 6.07 Å². The SMILES string of the molecule is C[C@@H](N)c1ccc(OCCc2nccn2C)cc1F. The van der Waals surface area contributed by atoms with Gasteiger partial charge in [-0.05, 0) is 13.0 Å². The van der Waals surface area contributed by atoms with Crippen LogP contribution in [0.2, 0.25) is 0 Å². The van der Waals surface area contributed by atoms with Gasteiger partial charge in [0.25, 0.3) is 0 Å². The summed E-state index contributed by atoms with van der Waals surface area (Å²) < 4.78 is 21.1. The average molecular weight is 263 g/mol. The maximum Gasteiger partial charge on any atom is 0.131 e. The molecule has 0 saturated carbocycles. The van der Waals surface area contributed by atoms with Crippen molar-refractivity contribution in [3.8, 4) is 5.75 Å². The molecule has 1 heterocycles. The lowest BCUT2D eigenvalue weighted by molar-refractivity contribution is 0.315. The Morgan fingerprint density at radius 2 is 2.26 bits per heavy atom. The van der Waals surface area contributed by atoms with Gasteiger partial charge in [0.05, 0.1) is 6.61 Å². The Labute approximate surface area is 112 Å². The molecule has 2 rings (SSSR count). The van der Waals surface area contributed by atoms with E-state index < -0.39 is 0 Å². The van der Waals surface area contributed by atoms with Crippen molar-refractivity contribution in [2.45, 2.75) is 19.4 Å². The number of nitrogens with zero attached hydrogens (tertiary/aromatic N) is 2. The molecular weight excluding hydrogens is 245 g/mol. The highest BCUT2D eigenvalue weighted by molar-refractivity contribution is 5.30. The van der Waals surface area contributed by atoms with Crippen LogP contribution in [0.4, 0.5) is 4.39 Å². The van der Waals surface area contributed by atoms with Gasteiger partial charge >= 0.3 is 0 Å². The highest BCUT2D eigenvalue weighted by Gasteiger charge is 2.08. The van der Waals surface area contributed by atoms with Crippen LogP contribution in [-0.2, 0) is 13.5 Å². The fourth-order valence-electron chi connectivity index (χ4n) is 1.86. The van der Waals surface area contributed by atoms with Crippen molar-refractivity contribution in [3.63, 3.8) is 0 Å². The molecule has 0 amide bonds. The summed E-state index contributed by atoms with van der Waals surface area (Å²) in [6.45, 7) is 2.21. The molecule has 0 radical (unpaired) electrons. The van der Waals surface area contributed by atoms with Crippen molar-refractivity contribution in [3.05, 3.63) is 47.8 Å². The second-order valence-electron chi connectivity index (χ2n) is 4.52. The van der Waals surface area contributed by atoms with Gasteiger partial charge in [-0.25, -0.2) is 9.37 Å². The van der Waals surface area contributed by atoms with Gasteiger partial charge in [0.15, 0.2) is 0 Å². The van der Waals surface area contributed by atoms with Crippen LogP contribution in [0.5, 0.6) is 5.75 Å². The molecule has 1 atom stereocenters. The number of imidazole rings is 1. The van der Waals surface area contributed by atoms with Crippen molar-refractivity contribution < 1.29 is 9.13 Å². The third-order valence-electron chi connectivity index (χ3n) is 2.98. The lowest BCUT2D eigenvalue weighted by Gasteiger charge is -2.10. The van der Waals surface area contributed by atoms with E-state index in [0.29, 0.717) is 24.3 Å². The molecule has 0 spiro atoms. The Balaban J connectivity index is 1.93. The summed E-state index contributed by atoms with van der Waals surface area (Å²) in [5.74, 6) is 1.12. The second kappa shape index (κ2) is 5.84. The summed E-state index contributed by atoms with van der Waals surface area (Å²) in [5.41, 5.74) is 6.15. The number of halogens is 1. The molecule has 102 valence electrons. The maximum atomic E-state index is 13.7. The van der Waals surface area contributed by atoms with Gasteiger partial charge in [-0.15, -0.1) is 0 Å². The van der Waals surface area contributed by atoms with Crippen LogP contribution in [0.25, 0.3) is 0 Å². The van der Waals surface area contributed by atoms with Crippen molar-refractivity contribution >= 4 is 0 Å². The molecule has 0 aliphatic rings. The second-order valence-corrected chi connectivity index (χ2v) is 4.52. The Morgan fingerprint density at radius 1 is 1.47 bits per heavy atom. The molecule has 4 nitrogen and oxygen atoms in total. The summed E-state index contributed by atoms with van der Waals surface area (Å²) in [7, 11) is 1.93. The molecule has 0 unspecified atom stereocenters. The monoisotopic (exact) mass is 263 g/mol. The van der Waals surface area contributed by atoms with E-state index in [2.05, 4.69) is 4.98 Å². The normalized spacial score (nSPS) is 12.4. The Kier molecular flexibility index (Phi) is 4.16. The molecule has 1 aromatic heterocycles. The molecule has 5 heteroatoms. The van der Waals surface area contributed by atoms with Crippen LogP contribution in [0.1, 0.15) is 24.4 Å². The maximum absolute atomic E-state index is 13.7. The Morgan fingerprint density at radius 3 is 2.84 bits per heavy atom. The van der Waals surface area contributed by atoms with Crippen LogP contribution in [0.3, 0.4) is 0 Å². The van der Waals surface area contributed by atoms with Gasteiger partial charge in [-0.1, -0.05) is 6.07 Å². The van der Waals surface area contributed by atoms with Crippen molar-refractivity contribution in [1.29, 1.82) is 0 Å². The van der Waals surface area contributed by atoms with E-state index in [0.717, 1.165) is 5.82 Å². The van der Waals surface area contributed by atoms with Crippen LogP contribution >= 0.6 is 0 Å². The van der Waals surface area contributed by atoms with E-state index in [1.807, 2.05) is 17.8 Å². The lowest BCUT2D eigenvalue weighted by Crippen LogP contribution is -2.09. The van der Waals surface area contributed by atoms with E-state index in [-0.39, 0.29) is 11.9 Å². The first-order valence-electron chi connectivity index (χ1n) is 6.22. The number of hydrogen-bond acceptors (Lipinski definition) is 3. The molecule has 0 fully saturated rings. The molecule has 19 heavy (non-hydrogen) atoms. The van der Waals surface area contributed by atoms with Crippen LogP contribution in [-0.4, -0.2) is 16.2 Å². The largest absolute Gasteiger partial charge is 0.493 e. The molecular formula is C14H18FN3O. The summed E-state index contributed by atoms with van der Waals surface area (Å²) in [5, 5.41) is 0. The number of nitrogens with two attached hydrogens (primary N) is 1. The predicted molar refractivity (Wildman–Crippen MR) is 71.4 cm³/mol. The summed E-state index contributed by atoms with van der Waals surface area (Å²) in [6.07, 6.45) is 4.30. The minimum atomic E-state index is -0.329. The summed E-state index contributed by atoms with van der Waals surface area (Å²) in [4.78, 5) is 4.19. The minimum Gasteiger partial charge on any atom is -0.493 e. The zero-order valence-corrected chi connectivity index (χ0v) is 11.1. The molecule has 0 bridgehead atoms. The molecule has 1 aromatic carbocycles. The highest BCUT2D eigenvalue weighted by Crippen LogP contribution is 2.20. The van der Waals surface area contributed by atoms with E-state index in [4.69, 9.17) is 10.5 Å². The Hall–Kier alpha value is -1.88. The van der Waals surface area contributed by atoms with Gasteiger partial charge in [0.2, 0.25) is 0 Å².